The van der Waals surface area contributed by atoms with Gasteiger partial charge < -0.3 is 4.74 Å². The zero-order valence-electron chi connectivity index (χ0n) is 13.6. The van der Waals surface area contributed by atoms with Crippen molar-refractivity contribution in [3.05, 3.63) is 41.7 Å². The average Bonchev–Trinajstić information content (AvgIpc) is 2.39. The molecule has 0 radical (unpaired) electrons. The predicted molar refractivity (Wildman–Crippen MR) is 84.4 cm³/mol. The molecule has 1 aromatic carbocycles. The number of hydrogen-bond donors (Lipinski definition) is 0. The van der Waals surface area contributed by atoms with Gasteiger partial charge in [-0.2, -0.15) is 0 Å². The van der Waals surface area contributed by atoms with E-state index in [-0.39, 0.29) is 17.3 Å². The van der Waals surface area contributed by atoms with Gasteiger partial charge in [0.1, 0.15) is 11.9 Å². The molecule has 0 N–H and O–H groups in total. The third-order valence-electron chi connectivity index (χ3n) is 3.25. The molecule has 116 valence electrons. The summed E-state index contributed by atoms with van der Waals surface area (Å²) in [5, 5.41) is 0. The highest BCUT2D eigenvalue weighted by molar-refractivity contribution is 5.96. The van der Waals surface area contributed by atoms with Crippen molar-refractivity contribution in [2.24, 2.45) is 5.41 Å². The van der Waals surface area contributed by atoms with Crippen molar-refractivity contribution in [2.45, 2.75) is 53.6 Å². The molecule has 3 heteroatoms. The molecule has 21 heavy (non-hydrogen) atoms. The lowest BCUT2D eigenvalue weighted by Gasteiger charge is -2.18. The maximum absolute atomic E-state index is 12.7. The molecular weight excluding hydrogens is 267 g/mol. The molecule has 1 unspecified atom stereocenters. The lowest BCUT2D eigenvalue weighted by Crippen LogP contribution is -2.15. The molecular formula is C18H25FO2. The van der Waals surface area contributed by atoms with Gasteiger partial charge in [-0.05, 0) is 48.6 Å². The number of halogens is 1. The van der Waals surface area contributed by atoms with Crippen LogP contribution < -0.4 is 4.74 Å². The first-order valence-electron chi connectivity index (χ1n) is 7.36. The van der Waals surface area contributed by atoms with Gasteiger partial charge in [0.25, 0.3) is 0 Å². The van der Waals surface area contributed by atoms with Crippen molar-refractivity contribution >= 4 is 5.78 Å². The minimum atomic E-state index is -0.309. The molecule has 0 aliphatic rings. The van der Waals surface area contributed by atoms with Gasteiger partial charge in [-0.1, -0.05) is 27.7 Å². The van der Waals surface area contributed by atoms with Crippen molar-refractivity contribution < 1.29 is 13.9 Å². The number of ketones is 1. The summed E-state index contributed by atoms with van der Waals surface area (Å²) in [7, 11) is 0. The fraction of sp³-hybridized carbons (Fsp3) is 0.500. The van der Waals surface area contributed by atoms with E-state index in [2.05, 4.69) is 0 Å². The van der Waals surface area contributed by atoms with Crippen LogP contribution in [0.15, 0.2) is 36.2 Å². The highest BCUT2D eigenvalue weighted by atomic mass is 19.1. The quantitative estimate of drug-likeness (QED) is 0.662. The Bertz CT molecular complexity index is 495. The van der Waals surface area contributed by atoms with E-state index in [1.54, 1.807) is 24.3 Å². The summed E-state index contributed by atoms with van der Waals surface area (Å²) in [6, 6.07) is 7.05. The minimum absolute atomic E-state index is 0.0251. The number of carbonyl (C=O) groups excluding carboxylic acids is 1. The van der Waals surface area contributed by atoms with Gasteiger partial charge >= 0.3 is 0 Å². The van der Waals surface area contributed by atoms with E-state index < -0.39 is 0 Å². The smallest absolute Gasteiger partial charge is 0.163 e. The van der Waals surface area contributed by atoms with Gasteiger partial charge in [-0.25, -0.2) is 4.39 Å². The summed E-state index contributed by atoms with van der Waals surface area (Å²) in [5.74, 6) is 0.766. The second-order valence-electron chi connectivity index (χ2n) is 6.48. The topological polar surface area (TPSA) is 26.3 Å². The summed E-state index contributed by atoms with van der Waals surface area (Å²) in [5.41, 5.74) is 1.27. The van der Waals surface area contributed by atoms with Crippen LogP contribution in [0.5, 0.6) is 5.75 Å². The monoisotopic (exact) mass is 292 g/mol. The summed E-state index contributed by atoms with van der Waals surface area (Å²) in [4.78, 5) is 12.1. The van der Waals surface area contributed by atoms with Crippen molar-refractivity contribution in [3.8, 4) is 5.75 Å². The second-order valence-corrected chi connectivity index (χ2v) is 6.48. The Balaban J connectivity index is 2.72. The van der Waals surface area contributed by atoms with Crippen LogP contribution in [0.1, 0.15) is 57.8 Å². The zero-order valence-corrected chi connectivity index (χ0v) is 13.6. The van der Waals surface area contributed by atoms with Crippen LogP contribution in [0.25, 0.3) is 0 Å². The van der Waals surface area contributed by atoms with E-state index in [9.17, 15) is 9.18 Å². The van der Waals surface area contributed by atoms with Crippen molar-refractivity contribution in [3.63, 3.8) is 0 Å². The predicted octanol–water partition coefficient (Wildman–Crippen LogP) is 5.34. The van der Waals surface area contributed by atoms with E-state index in [0.29, 0.717) is 36.1 Å². The molecule has 2 nitrogen and oxygen atoms in total. The standard InChI is InChI=1S/C18H25FO2/c1-6-14(12-19)13(2)21-16-9-7-15(8-10-16)17(20)11-18(3,4)5/h7-10,12-13H,6,11H2,1-5H3/b14-12+. The Morgan fingerprint density at radius 3 is 2.29 bits per heavy atom. The Morgan fingerprint density at radius 2 is 1.86 bits per heavy atom. The Kier molecular flexibility index (Phi) is 6.13. The van der Waals surface area contributed by atoms with Crippen LogP contribution >= 0.6 is 0 Å². The number of Topliss-reactive ketones (excluding diaryl/α,β-unsaturated/α-hetero) is 1. The normalized spacial score (nSPS) is 13.9. The molecule has 0 amide bonds. The van der Waals surface area contributed by atoms with Gasteiger partial charge in [0.15, 0.2) is 5.78 Å². The van der Waals surface area contributed by atoms with E-state index in [1.807, 2.05) is 34.6 Å². The largest absolute Gasteiger partial charge is 0.486 e. The number of benzene rings is 1. The van der Waals surface area contributed by atoms with Crippen molar-refractivity contribution in [2.75, 3.05) is 0 Å². The third-order valence-corrected chi connectivity index (χ3v) is 3.25. The zero-order chi connectivity index (χ0) is 16.0. The van der Waals surface area contributed by atoms with Crippen LogP contribution in [0.4, 0.5) is 4.39 Å². The molecule has 0 aliphatic heterocycles. The third kappa shape index (κ3) is 5.70. The Labute approximate surface area is 127 Å². The molecule has 1 rings (SSSR count). The van der Waals surface area contributed by atoms with Crippen LogP contribution in [0.3, 0.4) is 0 Å². The first-order chi connectivity index (χ1) is 9.76. The van der Waals surface area contributed by atoms with Gasteiger partial charge in [-0.3, -0.25) is 4.79 Å². The molecule has 0 bridgehead atoms. The van der Waals surface area contributed by atoms with Crippen LogP contribution in [0.2, 0.25) is 0 Å². The van der Waals surface area contributed by atoms with E-state index in [4.69, 9.17) is 4.74 Å². The van der Waals surface area contributed by atoms with Crippen LogP contribution in [0, 0.1) is 5.41 Å². The molecule has 0 aromatic heterocycles. The average molecular weight is 292 g/mol. The number of carbonyl (C=O) groups is 1. The SMILES string of the molecule is CC/C(=C\F)C(C)Oc1ccc(C(=O)CC(C)(C)C)cc1. The summed E-state index contributed by atoms with van der Waals surface area (Å²) >= 11 is 0. The lowest BCUT2D eigenvalue weighted by molar-refractivity contribution is 0.0940. The van der Waals surface area contributed by atoms with Gasteiger partial charge in [0, 0.05) is 12.0 Å². The van der Waals surface area contributed by atoms with Crippen LogP contribution in [-0.2, 0) is 0 Å². The van der Waals surface area contributed by atoms with Crippen molar-refractivity contribution in [1.82, 2.24) is 0 Å². The number of hydrogen-bond acceptors (Lipinski definition) is 2. The molecule has 0 saturated carbocycles. The molecule has 1 aromatic rings. The van der Waals surface area contributed by atoms with Crippen molar-refractivity contribution in [1.29, 1.82) is 0 Å². The Morgan fingerprint density at radius 1 is 1.29 bits per heavy atom. The number of ether oxygens (including phenoxy) is 1. The second kappa shape index (κ2) is 7.39. The van der Waals surface area contributed by atoms with Crippen LogP contribution in [-0.4, -0.2) is 11.9 Å². The fourth-order valence-electron chi connectivity index (χ4n) is 2.04. The maximum atomic E-state index is 12.7. The highest BCUT2D eigenvalue weighted by Crippen LogP contribution is 2.23. The molecule has 0 spiro atoms. The summed E-state index contributed by atoms with van der Waals surface area (Å²) in [6.45, 7) is 9.83. The highest BCUT2D eigenvalue weighted by Gasteiger charge is 2.17. The maximum Gasteiger partial charge on any atom is 0.163 e. The molecule has 0 heterocycles. The summed E-state index contributed by atoms with van der Waals surface area (Å²) in [6.07, 6.45) is 1.41. The van der Waals surface area contributed by atoms with E-state index in [0.717, 1.165) is 0 Å². The van der Waals surface area contributed by atoms with E-state index in [1.165, 1.54) is 0 Å². The molecule has 1 atom stereocenters. The first-order valence-corrected chi connectivity index (χ1v) is 7.36. The number of rotatable bonds is 6. The Hall–Kier alpha value is -1.64. The molecule has 0 aliphatic carbocycles. The summed E-state index contributed by atoms with van der Waals surface area (Å²) < 4.78 is 18.3. The van der Waals surface area contributed by atoms with E-state index >= 15 is 0 Å². The fourth-order valence-corrected chi connectivity index (χ4v) is 2.04. The van der Waals surface area contributed by atoms with Gasteiger partial charge in [-0.15, -0.1) is 0 Å². The van der Waals surface area contributed by atoms with Gasteiger partial charge in [0.2, 0.25) is 0 Å². The van der Waals surface area contributed by atoms with Gasteiger partial charge in [0.05, 0.1) is 6.33 Å². The lowest BCUT2D eigenvalue weighted by atomic mass is 9.88. The minimum Gasteiger partial charge on any atom is -0.486 e. The first kappa shape index (κ1) is 17.4. The molecule has 0 fully saturated rings. The molecule has 0 saturated heterocycles.